The van der Waals surface area contributed by atoms with Crippen molar-refractivity contribution >= 4 is 5.97 Å². The van der Waals surface area contributed by atoms with E-state index in [1.807, 2.05) is 0 Å². The molecule has 4 heteroatoms. The molecule has 0 bridgehead atoms. The maximum atomic E-state index is 13.0. The number of carbonyl (C=O) groups is 1. The molecule has 0 fully saturated rings. The molecule has 0 amide bonds. The summed E-state index contributed by atoms with van der Waals surface area (Å²) < 4.78 is 25.2. The van der Waals surface area contributed by atoms with Crippen molar-refractivity contribution in [2.75, 3.05) is 6.67 Å². The summed E-state index contributed by atoms with van der Waals surface area (Å²) in [6.07, 6.45) is 0. The lowest BCUT2D eigenvalue weighted by Crippen LogP contribution is -2.14. The molecule has 0 saturated carbocycles. The van der Waals surface area contributed by atoms with E-state index >= 15 is 0 Å². The first-order valence-corrected chi connectivity index (χ1v) is 3.70. The minimum absolute atomic E-state index is 0.113. The first-order valence-electron chi connectivity index (χ1n) is 3.70. The highest BCUT2D eigenvalue weighted by Crippen LogP contribution is 2.19. The number of alkyl halides is 1. The molecule has 1 atom stereocenters. The van der Waals surface area contributed by atoms with Crippen molar-refractivity contribution in [1.82, 2.24) is 0 Å². The Labute approximate surface area is 73.8 Å². The van der Waals surface area contributed by atoms with Crippen LogP contribution in [-0.4, -0.2) is 17.8 Å². The monoisotopic (exact) mass is 186 g/mol. The third kappa shape index (κ3) is 2.02. The Kier molecular flexibility index (Phi) is 2.95. The number of hydrogen-bond acceptors (Lipinski definition) is 1. The summed E-state index contributed by atoms with van der Waals surface area (Å²) in [6.45, 7) is -1.10. The summed E-state index contributed by atoms with van der Waals surface area (Å²) in [4.78, 5) is 10.5. The molecule has 0 saturated heterocycles. The van der Waals surface area contributed by atoms with Crippen LogP contribution in [0.1, 0.15) is 11.5 Å². The van der Waals surface area contributed by atoms with E-state index in [4.69, 9.17) is 5.11 Å². The normalized spacial score (nSPS) is 12.5. The molecule has 2 nitrogen and oxygen atoms in total. The van der Waals surface area contributed by atoms with E-state index < -0.39 is 24.4 Å². The highest BCUT2D eigenvalue weighted by molar-refractivity contribution is 5.76. The fourth-order valence-corrected chi connectivity index (χ4v) is 1.04. The maximum absolute atomic E-state index is 13.0. The number of carboxylic acid groups (broad SMARTS) is 1. The molecule has 0 radical (unpaired) electrons. The molecule has 0 aliphatic rings. The van der Waals surface area contributed by atoms with Gasteiger partial charge in [0.15, 0.2) is 0 Å². The van der Waals surface area contributed by atoms with E-state index in [9.17, 15) is 13.6 Å². The van der Waals surface area contributed by atoms with Crippen molar-refractivity contribution in [2.24, 2.45) is 0 Å². The number of hydrogen-bond donors (Lipinski definition) is 1. The van der Waals surface area contributed by atoms with E-state index in [0.29, 0.717) is 0 Å². The number of carboxylic acids is 1. The second kappa shape index (κ2) is 3.98. The summed E-state index contributed by atoms with van der Waals surface area (Å²) in [6, 6.07) is 5.29. The lowest BCUT2D eigenvalue weighted by molar-refractivity contribution is -0.139. The molecule has 70 valence electrons. The minimum atomic E-state index is -1.40. The molecule has 1 N–H and O–H groups in total. The van der Waals surface area contributed by atoms with E-state index in [1.165, 1.54) is 18.2 Å². The van der Waals surface area contributed by atoms with Crippen LogP contribution in [0.5, 0.6) is 0 Å². The standard InChI is InChI=1S/C9H8F2O2/c10-5-7(9(12)13)6-3-1-2-4-8(6)11/h1-4,7H,5H2,(H,12,13). The van der Waals surface area contributed by atoms with Crippen LogP contribution in [0.2, 0.25) is 0 Å². The zero-order valence-corrected chi connectivity index (χ0v) is 6.71. The second-order valence-electron chi connectivity index (χ2n) is 2.57. The molecule has 0 heterocycles. The van der Waals surface area contributed by atoms with Gasteiger partial charge in [0.05, 0.1) is 0 Å². The van der Waals surface area contributed by atoms with Crippen molar-refractivity contribution in [2.45, 2.75) is 5.92 Å². The Bertz CT molecular complexity index is 312. The van der Waals surface area contributed by atoms with Crippen molar-refractivity contribution in [3.63, 3.8) is 0 Å². The van der Waals surface area contributed by atoms with Gasteiger partial charge in [-0.15, -0.1) is 0 Å². The largest absolute Gasteiger partial charge is 0.481 e. The summed E-state index contributed by atoms with van der Waals surface area (Å²) in [5, 5.41) is 8.54. The van der Waals surface area contributed by atoms with Gasteiger partial charge in [-0.1, -0.05) is 18.2 Å². The quantitative estimate of drug-likeness (QED) is 0.783. The molecule has 1 aromatic rings. The van der Waals surface area contributed by atoms with E-state index in [0.717, 1.165) is 6.07 Å². The smallest absolute Gasteiger partial charge is 0.313 e. The highest BCUT2D eigenvalue weighted by Gasteiger charge is 2.22. The summed E-state index contributed by atoms with van der Waals surface area (Å²) in [7, 11) is 0. The molecule has 1 rings (SSSR count). The van der Waals surface area contributed by atoms with Gasteiger partial charge < -0.3 is 5.11 Å². The zero-order valence-electron chi connectivity index (χ0n) is 6.71. The average Bonchev–Trinajstić information content (AvgIpc) is 2.09. The van der Waals surface area contributed by atoms with Crippen molar-refractivity contribution in [1.29, 1.82) is 0 Å². The predicted octanol–water partition coefficient (Wildman–Crippen LogP) is 1.96. The van der Waals surface area contributed by atoms with Gasteiger partial charge in [-0.05, 0) is 6.07 Å². The third-order valence-electron chi connectivity index (χ3n) is 1.73. The SMILES string of the molecule is O=C(O)C(CF)c1ccccc1F. The number of aliphatic carboxylic acids is 1. The lowest BCUT2D eigenvalue weighted by atomic mass is 10.0. The highest BCUT2D eigenvalue weighted by atomic mass is 19.1. The first kappa shape index (κ1) is 9.64. The first-order chi connectivity index (χ1) is 6.16. The summed E-state index contributed by atoms with van der Waals surface area (Å²) >= 11 is 0. The van der Waals surface area contributed by atoms with Gasteiger partial charge in [-0.25, -0.2) is 8.78 Å². The second-order valence-corrected chi connectivity index (χ2v) is 2.57. The third-order valence-corrected chi connectivity index (χ3v) is 1.73. The van der Waals surface area contributed by atoms with Gasteiger partial charge in [-0.3, -0.25) is 4.79 Å². The molecular formula is C9H8F2O2. The van der Waals surface area contributed by atoms with Gasteiger partial charge >= 0.3 is 5.97 Å². The van der Waals surface area contributed by atoms with Gasteiger partial charge in [0.1, 0.15) is 18.4 Å². The van der Waals surface area contributed by atoms with Crippen LogP contribution in [-0.2, 0) is 4.79 Å². The minimum Gasteiger partial charge on any atom is -0.481 e. The van der Waals surface area contributed by atoms with E-state index in [2.05, 4.69) is 0 Å². The Morgan fingerprint density at radius 2 is 2.08 bits per heavy atom. The van der Waals surface area contributed by atoms with Crippen LogP contribution in [0.3, 0.4) is 0 Å². The molecule has 13 heavy (non-hydrogen) atoms. The molecule has 0 aromatic heterocycles. The molecule has 0 aliphatic heterocycles. The molecule has 0 aliphatic carbocycles. The van der Waals surface area contributed by atoms with Crippen LogP contribution in [0.15, 0.2) is 24.3 Å². The van der Waals surface area contributed by atoms with Gasteiger partial charge in [0, 0.05) is 5.56 Å². The molecule has 1 unspecified atom stereocenters. The zero-order chi connectivity index (χ0) is 9.84. The van der Waals surface area contributed by atoms with Gasteiger partial charge in [-0.2, -0.15) is 0 Å². The molecule has 0 spiro atoms. The average molecular weight is 186 g/mol. The van der Waals surface area contributed by atoms with Gasteiger partial charge in [0.2, 0.25) is 0 Å². The Morgan fingerprint density at radius 3 is 2.54 bits per heavy atom. The van der Waals surface area contributed by atoms with Crippen LogP contribution in [0.4, 0.5) is 8.78 Å². The Balaban J connectivity index is 3.04. The number of rotatable bonds is 3. The predicted molar refractivity (Wildman–Crippen MR) is 42.8 cm³/mol. The molecular weight excluding hydrogens is 178 g/mol. The summed E-state index contributed by atoms with van der Waals surface area (Å²) in [5.41, 5.74) is -0.113. The Hall–Kier alpha value is -1.45. The van der Waals surface area contributed by atoms with Crippen LogP contribution in [0, 0.1) is 5.82 Å². The van der Waals surface area contributed by atoms with Crippen LogP contribution >= 0.6 is 0 Å². The van der Waals surface area contributed by atoms with Crippen molar-refractivity contribution in [3.8, 4) is 0 Å². The lowest BCUT2D eigenvalue weighted by Gasteiger charge is -2.08. The van der Waals surface area contributed by atoms with Gasteiger partial charge in [0.25, 0.3) is 0 Å². The van der Waals surface area contributed by atoms with Crippen molar-refractivity contribution in [3.05, 3.63) is 35.6 Å². The van der Waals surface area contributed by atoms with Crippen molar-refractivity contribution < 1.29 is 18.7 Å². The topological polar surface area (TPSA) is 37.3 Å². The van der Waals surface area contributed by atoms with Crippen LogP contribution in [0.25, 0.3) is 0 Å². The fourth-order valence-electron chi connectivity index (χ4n) is 1.04. The maximum Gasteiger partial charge on any atom is 0.313 e. The Morgan fingerprint density at radius 1 is 1.46 bits per heavy atom. The number of benzene rings is 1. The molecule has 1 aromatic carbocycles. The van der Waals surface area contributed by atoms with E-state index in [-0.39, 0.29) is 5.56 Å². The summed E-state index contributed by atoms with van der Waals surface area (Å²) in [5.74, 6) is -3.44. The fraction of sp³-hybridized carbons (Fsp3) is 0.222. The van der Waals surface area contributed by atoms with Crippen LogP contribution < -0.4 is 0 Å². The number of halogens is 2. The van der Waals surface area contributed by atoms with E-state index in [1.54, 1.807) is 0 Å².